The van der Waals surface area contributed by atoms with Gasteiger partial charge in [0.2, 0.25) is 11.2 Å². The first-order valence-electron chi connectivity index (χ1n) is 9.62. The van der Waals surface area contributed by atoms with Gasteiger partial charge in [-0.1, -0.05) is 6.07 Å². The van der Waals surface area contributed by atoms with Gasteiger partial charge in [0.25, 0.3) is 5.91 Å². The van der Waals surface area contributed by atoms with E-state index in [0.717, 1.165) is 25.1 Å². The van der Waals surface area contributed by atoms with E-state index in [2.05, 4.69) is 19.4 Å². The van der Waals surface area contributed by atoms with Crippen LogP contribution in [0.5, 0.6) is 5.75 Å². The maximum Gasteiger partial charge on any atom is 0.252 e. The number of hydrogen-bond donors (Lipinski definition) is 3. The van der Waals surface area contributed by atoms with E-state index in [-0.39, 0.29) is 11.7 Å². The molecule has 2 aliphatic rings. The summed E-state index contributed by atoms with van der Waals surface area (Å²) in [5, 5.41) is 3.14. The number of carbonyl (C=O) groups excluding carboxylic acids is 1. The first-order valence-corrected chi connectivity index (χ1v) is 10.7. The summed E-state index contributed by atoms with van der Waals surface area (Å²) in [4.78, 5) is 19.0. The van der Waals surface area contributed by atoms with Crippen LogP contribution >= 0.6 is 0 Å². The van der Waals surface area contributed by atoms with Gasteiger partial charge < -0.3 is 20.7 Å². The fourth-order valence-electron chi connectivity index (χ4n) is 3.49. The topological polar surface area (TPSA) is 122 Å². The number of nitrogens with two attached hydrogens (primary N) is 1. The van der Waals surface area contributed by atoms with Crippen molar-refractivity contribution in [2.75, 3.05) is 30.3 Å². The predicted octanol–water partition coefficient (Wildman–Crippen LogP) is 1.59. The summed E-state index contributed by atoms with van der Waals surface area (Å²) in [6.07, 6.45) is 4.29. The van der Waals surface area contributed by atoms with Gasteiger partial charge in [-0.2, -0.15) is 4.40 Å². The number of nitrogens with zero attached hydrogens (tertiary/aromatic N) is 3. The number of aromatic nitrogens is 1. The Bertz CT molecular complexity index is 1030. The molecule has 158 valence electrons. The summed E-state index contributed by atoms with van der Waals surface area (Å²) in [5.41, 5.74) is 7.28. The first kappa shape index (κ1) is 20.1. The van der Waals surface area contributed by atoms with Crippen molar-refractivity contribution in [1.82, 2.24) is 10.3 Å². The molecule has 10 heteroatoms. The van der Waals surface area contributed by atoms with Gasteiger partial charge >= 0.3 is 0 Å². The monoisotopic (exact) mass is 428 g/mol. The lowest BCUT2D eigenvalue weighted by molar-refractivity contribution is 0.0691. The van der Waals surface area contributed by atoms with Crippen LogP contribution in [0.3, 0.4) is 0 Å². The van der Waals surface area contributed by atoms with Crippen LogP contribution in [0.4, 0.5) is 11.5 Å². The molecule has 9 nitrogen and oxygen atoms in total. The van der Waals surface area contributed by atoms with Crippen LogP contribution in [-0.2, 0) is 11.2 Å². The number of amides is 1. The lowest BCUT2D eigenvalue weighted by atomic mass is 9.77. The molecule has 1 saturated carbocycles. The van der Waals surface area contributed by atoms with Gasteiger partial charge in [-0.15, -0.1) is 0 Å². The molecule has 1 aliphatic heterocycles. The molecule has 1 unspecified atom stereocenters. The van der Waals surface area contributed by atoms with Crippen LogP contribution in [0.2, 0.25) is 0 Å². The summed E-state index contributed by atoms with van der Waals surface area (Å²) in [6.45, 7) is 0.303. The largest absolute Gasteiger partial charge is 0.490 e. The Morgan fingerprint density at radius 1 is 1.37 bits per heavy atom. The Morgan fingerprint density at radius 3 is 2.87 bits per heavy atom. The molecular weight excluding hydrogens is 404 g/mol. The quantitative estimate of drug-likeness (QED) is 0.642. The SMILES string of the molecule is CN(C)c1cc(C(=O)NC2(COc3cccc4c3C(N)=NS(=O)N4)CCC2)ccn1. The normalized spacial score (nSPS) is 18.9. The minimum Gasteiger partial charge on any atom is -0.490 e. The number of benzene rings is 1. The molecule has 1 aliphatic carbocycles. The molecule has 0 saturated heterocycles. The van der Waals surface area contributed by atoms with Crippen LogP contribution in [0.15, 0.2) is 40.9 Å². The number of carbonyl (C=O) groups is 1. The molecule has 0 radical (unpaired) electrons. The summed E-state index contributed by atoms with van der Waals surface area (Å²) >= 11 is -1.59. The van der Waals surface area contributed by atoms with E-state index in [1.54, 1.807) is 36.5 Å². The van der Waals surface area contributed by atoms with Crippen molar-refractivity contribution >= 4 is 34.4 Å². The molecule has 4 rings (SSSR count). The molecule has 0 bridgehead atoms. The second kappa shape index (κ2) is 7.94. The summed E-state index contributed by atoms with van der Waals surface area (Å²) in [7, 11) is 3.76. The lowest BCUT2D eigenvalue weighted by Gasteiger charge is -2.42. The third-order valence-corrected chi connectivity index (χ3v) is 6.08. The lowest BCUT2D eigenvalue weighted by Crippen LogP contribution is -2.57. The molecule has 0 spiro atoms. The number of pyridine rings is 1. The Labute approximate surface area is 177 Å². The van der Waals surface area contributed by atoms with Crippen LogP contribution in [0.1, 0.15) is 35.2 Å². The maximum absolute atomic E-state index is 12.9. The van der Waals surface area contributed by atoms with Gasteiger partial charge in [-0.05, 0) is 43.5 Å². The van der Waals surface area contributed by atoms with E-state index in [0.29, 0.717) is 29.2 Å². The highest BCUT2D eigenvalue weighted by atomic mass is 32.2. The zero-order chi connectivity index (χ0) is 21.3. The minimum absolute atomic E-state index is 0.156. The summed E-state index contributed by atoms with van der Waals surface area (Å²) in [6, 6.07) is 8.82. The molecule has 2 heterocycles. The zero-order valence-corrected chi connectivity index (χ0v) is 17.7. The number of rotatable bonds is 6. The average molecular weight is 429 g/mol. The third-order valence-electron chi connectivity index (χ3n) is 5.32. The molecule has 1 amide bonds. The van der Waals surface area contributed by atoms with Crippen LogP contribution in [0, 0.1) is 0 Å². The molecule has 4 N–H and O–H groups in total. The molecular formula is C20H24N6O3S. The van der Waals surface area contributed by atoms with E-state index in [4.69, 9.17) is 10.5 Å². The number of amidine groups is 1. The maximum atomic E-state index is 12.9. The second-order valence-corrected chi connectivity index (χ2v) is 8.57. The smallest absolute Gasteiger partial charge is 0.252 e. The van der Waals surface area contributed by atoms with Crippen molar-refractivity contribution in [3.8, 4) is 5.75 Å². The van der Waals surface area contributed by atoms with E-state index in [9.17, 15) is 9.00 Å². The first-order chi connectivity index (χ1) is 14.4. The average Bonchev–Trinajstić information content (AvgIpc) is 2.69. The van der Waals surface area contributed by atoms with E-state index < -0.39 is 16.7 Å². The van der Waals surface area contributed by atoms with Crippen molar-refractivity contribution in [2.24, 2.45) is 10.1 Å². The van der Waals surface area contributed by atoms with Crippen molar-refractivity contribution < 1.29 is 13.7 Å². The Hall–Kier alpha value is -3.14. The van der Waals surface area contributed by atoms with E-state index >= 15 is 0 Å². The number of fused-ring (bicyclic) bond motifs is 1. The zero-order valence-electron chi connectivity index (χ0n) is 16.8. The molecule has 1 aromatic heterocycles. The Kier molecular flexibility index (Phi) is 5.33. The highest BCUT2D eigenvalue weighted by Crippen LogP contribution is 2.35. The summed E-state index contributed by atoms with van der Waals surface area (Å²) < 4.78 is 24.4. The standard InChI is InChI=1S/C20H24N6O3S/c1-26(2)16-11-13(7-10-22-16)19(27)23-20(8-4-9-20)12-29-15-6-3-5-14-17(15)18(21)25-30(28)24-14/h3,5-7,10-11,24H,4,8-9,12H2,1-2H3,(H2,21,25)(H,23,27). The predicted molar refractivity (Wildman–Crippen MR) is 117 cm³/mol. The van der Waals surface area contributed by atoms with E-state index in [1.165, 1.54) is 0 Å². The number of anilines is 2. The molecule has 1 fully saturated rings. The Morgan fingerprint density at radius 2 is 2.17 bits per heavy atom. The number of nitrogens with one attached hydrogen (secondary N) is 2. The van der Waals surface area contributed by atoms with Crippen molar-refractivity contribution in [3.63, 3.8) is 0 Å². The van der Waals surface area contributed by atoms with Crippen LogP contribution in [-0.4, -0.2) is 47.2 Å². The number of ether oxygens (including phenoxy) is 1. The van der Waals surface area contributed by atoms with Gasteiger partial charge in [0.1, 0.15) is 24.0 Å². The van der Waals surface area contributed by atoms with E-state index in [1.807, 2.05) is 19.0 Å². The molecule has 30 heavy (non-hydrogen) atoms. The van der Waals surface area contributed by atoms with Gasteiger partial charge in [0, 0.05) is 25.9 Å². The Balaban J connectivity index is 1.49. The van der Waals surface area contributed by atoms with Crippen molar-refractivity contribution in [1.29, 1.82) is 0 Å². The highest BCUT2D eigenvalue weighted by Gasteiger charge is 2.40. The second-order valence-electron chi connectivity index (χ2n) is 7.68. The van der Waals surface area contributed by atoms with Gasteiger partial charge in [0.15, 0.2) is 0 Å². The van der Waals surface area contributed by atoms with Gasteiger partial charge in [-0.25, -0.2) is 9.19 Å². The van der Waals surface area contributed by atoms with Gasteiger partial charge in [0.05, 0.1) is 16.8 Å². The molecule has 1 atom stereocenters. The fourth-order valence-corrected chi connectivity index (χ4v) is 4.17. The highest BCUT2D eigenvalue weighted by molar-refractivity contribution is 7.85. The van der Waals surface area contributed by atoms with Crippen LogP contribution in [0.25, 0.3) is 0 Å². The van der Waals surface area contributed by atoms with Crippen molar-refractivity contribution in [3.05, 3.63) is 47.7 Å². The van der Waals surface area contributed by atoms with Crippen molar-refractivity contribution in [2.45, 2.75) is 24.8 Å². The third kappa shape index (κ3) is 3.95. The van der Waals surface area contributed by atoms with Gasteiger partial charge in [-0.3, -0.25) is 9.52 Å². The molecule has 2 aromatic rings. The summed E-state index contributed by atoms with van der Waals surface area (Å²) in [5.74, 6) is 1.27. The number of hydrogen-bond acceptors (Lipinski definition) is 6. The minimum atomic E-state index is -1.59. The fraction of sp³-hybridized carbons (Fsp3) is 0.350. The van der Waals surface area contributed by atoms with Crippen LogP contribution < -0.4 is 25.4 Å². The molecule has 1 aromatic carbocycles.